The third kappa shape index (κ3) is 3.62. The van der Waals surface area contributed by atoms with Crippen molar-refractivity contribution in [1.29, 1.82) is 0 Å². The predicted octanol–water partition coefficient (Wildman–Crippen LogP) is 4.25. The molecule has 0 radical (unpaired) electrons. The summed E-state index contributed by atoms with van der Waals surface area (Å²) in [6.07, 6.45) is 4.20. The van der Waals surface area contributed by atoms with Crippen LogP contribution in [0, 0.1) is 0 Å². The molecule has 6 heteroatoms. The highest BCUT2D eigenvalue weighted by Gasteiger charge is 2.26. The SMILES string of the molecule is COC(=O)c1c(NC(=O)Cc2cccc(Cl)c2)sc2c1CCCC2. The summed E-state index contributed by atoms with van der Waals surface area (Å²) in [6, 6.07) is 7.20. The van der Waals surface area contributed by atoms with Gasteiger partial charge in [0.2, 0.25) is 5.91 Å². The van der Waals surface area contributed by atoms with E-state index in [1.165, 1.54) is 23.3 Å². The number of anilines is 1. The van der Waals surface area contributed by atoms with Gasteiger partial charge in [-0.3, -0.25) is 4.79 Å². The van der Waals surface area contributed by atoms with Crippen LogP contribution in [-0.2, 0) is 28.8 Å². The van der Waals surface area contributed by atoms with E-state index < -0.39 is 0 Å². The number of esters is 1. The Labute approximate surface area is 149 Å². The van der Waals surface area contributed by atoms with Crippen molar-refractivity contribution in [2.45, 2.75) is 32.1 Å². The molecule has 3 rings (SSSR count). The van der Waals surface area contributed by atoms with Crippen molar-refractivity contribution < 1.29 is 14.3 Å². The van der Waals surface area contributed by atoms with Crippen molar-refractivity contribution in [3.8, 4) is 0 Å². The maximum atomic E-state index is 12.4. The van der Waals surface area contributed by atoms with Gasteiger partial charge in [0.15, 0.2) is 0 Å². The summed E-state index contributed by atoms with van der Waals surface area (Å²) < 4.78 is 4.92. The van der Waals surface area contributed by atoms with E-state index in [-0.39, 0.29) is 18.3 Å². The van der Waals surface area contributed by atoms with Crippen molar-refractivity contribution in [2.75, 3.05) is 12.4 Å². The molecule has 0 saturated carbocycles. The van der Waals surface area contributed by atoms with E-state index >= 15 is 0 Å². The number of fused-ring (bicyclic) bond motifs is 1. The number of halogens is 1. The number of methoxy groups -OCH3 is 1. The molecule has 0 atom stereocenters. The van der Waals surface area contributed by atoms with Crippen LogP contribution in [0.2, 0.25) is 5.02 Å². The molecule has 1 N–H and O–H groups in total. The Kier molecular flexibility index (Phi) is 5.21. The Bertz CT molecular complexity index is 785. The van der Waals surface area contributed by atoms with Crippen LogP contribution in [-0.4, -0.2) is 19.0 Å². The van der Waals surface area contributed by atoms with E-state index in [1.54, 1.807) is 12.1 Å². The molecule has 1 aliphatic rings. The van der Waals surface area contributed by atoms with Crippen LogP contribution >= 0.6 is 22.9 Å². The van der Waals surface area contributed by atoms with Gasteiger partial charge in [0.1, 0.15) is 5.00 Å². The van der Waals surface area contributed by atoms with Gasteiger partial charge in [-0.05, 0) is 48.9 Å². The number of thiophene rings is 1. The van der Waals surface area contributed by atoms with Crippen molar-refractivity contribution in [3.63, 3.8) is 0 Å². The first kappa shape index (κ1) is 17.0. The molecule has 0 unspecified atom stereocenters. The highest BCUT2D eigenvalue weighted by molar-refractivity contribution is 7.17. The third-order valence-corrected chi connectivity index (χ3v) is 5.51. The fourth-order valence-corrected chi connectivity index (χ4v) is 4.48. The second kappa shape index (κ2) is 7.36. The average molecular weight is 364 g/mol. The summed E-state index contributed by atoms with van der Waals surface area (Å²) in [7, 11) is 1.37. The van der Waals surface area contributed by atoms with Gasteiger partial charge in [-0.2, -0.15) is 0 Å². The molecule has 1 aromatic heterocycles. The molecular formula is C18H18ClNO3S. The second-order valence-electron chi connectivity index (χ2n) is 5.76. The molecule has 0 bridgehead atoms. The first-order valence-corrected chi connectivity index (χ1v) is 9.05. The summed E-state index contributed by atoms with van der Waals surface area (Å²) in [5.41, 5.74) is 2.40. The number of benzene rings is 1. The van der Waals surface area contributed by atoms with Crippen molar-refractivity contribution >= 4 is 39.8 Å². The van der Waals surface area contributed by atoms with Crippen LogP contribution in [0.1, 0.15) is 39.2 Å². The average Bonchev–Trinajstić information content (AvgIpc) is 2.91. The first-order valence-electron chi connectivity index (χ1n) is 7.85. The van der Waals surface area contributed by atoms with Gasteiger partial charge < -0.3 is 10.1 Å². The molecule has 0 aliphatic heterocycles. The summed E-state index contributed by atoms with van der Waals surface area (Å²) in [6.45, 7) is 0. The van der Waals surface area contributed by atoms with Gasteiger partial charge in [0.05, 0.1) is 19.1 Å². The zero-order valence-corrected chi connectivity index (χ0v) is 14.9. The molecule has 0 saturated heterocycles. The molecule has 0 fully saturated rings. The minimum atomic E-state index is -0.382. The number of nitrogens with one attached hydrogen (secondary N) is 1. The molecule has 4 nitrogen and oxygen atoms in total. The molecule has 0 spiro atoms. The summed E-state index contributed by atoms with van der Waals surface area (Å²) >= 11 is 7.44. The quantitative estimate of drug-likeness (QED) is 0.826. The van der Waals surface area contributed by atoms with Crippen molar-refractivity contribution in [2.24, 2.45) is 0 Å². The normalized spacial score (nSPS) is 13.2. The molecule has 24 heavy (non-hydrogen) atoms. The van der Waals surface area contributed by atoms with Crippen LogP contribution in [0.25, 0.3) is 0 Å². The molecule has 1 aromatic carbocycles. The lowest BCUT2D eigenvalue weighted by Gasteiger charge is -2.11. The van der Waals surface area contributed by atoms with E-state index in [0.29, 0.717) is 15.6 Å². The minimum absolute atomic E-state index is 0.166. The van der Waals surface area contributed by atoms with Gasteiger partial charge in [0, 0.05) is 9.90 Å². The van der Waals surface area contributed by atoms with Gasteiger partial charge in [-0.15, -0.1) is 11.3 Å². The Balaban J connectivity index is 1.82. The zero-order valence-electron chi connectivity index (χ0n) is 13.4. The zero-order chi connectivity index (χ0) is 17.1. The van der Waals surface area contributed by atoms with Crippen LogP contribution in [0.15, 0.2) is 24.3 Å². The number of rotatable bonds is 4. The fourth-order valence-electron chi connectivity index (χ4n) is 2.98. The van der Waals surface area contributed by atoms with E-state index in [1.807, 2.05) is 12.1 Å². The van der Waals surface area contributed by atoms with Crippen LogP contribution < -0.4 is 5.32 Å². The largest absolute Gasteiger partial charge is 0.465 e. The van der Waals surface area contributed by atoms with E-state index in [2.05, 4.69) is 5.32 Å². The lowest BCUT2D eigenvalue weighted by Crippen LogP contribution is -2.16. The van der Waals surface area contributed by atoms with Crippen molar-refractivity contribution in [1.82, 2.24) is 0 Å². The van der Waals surface area contributed by atoms with E-state index in [4.69, 9.17) is 16.3 Å². The van der Waals surface area contributed by atoms with Gasteiger partial charge in [-0.25, -0.2) is 4.79 Å². The summed E-state index contributed by atoms with van der Waals surface area (Å²) in [5, 5.41) is 4.08. The topological polar surface area (TPSA) is 55.4 Å². The predicted molar refractivity (Wildman–Crippen MR) is 96.1 cm³/mol. The molecule has 126 valence electrons. The standard InChI is InChI=1S/C18H18ClNO3S/c1-23-18(22)16-13-7-2-3-8-14(13)24-17(16)20-15(21)10-11-5-4-6-12(19)9-11/h4-6,9H,2-3,7-8,10H2,1H3,(H,20,21). The number of ether oxygens (including phenoxy) is 1. The number of hydrogen-bond acceptors (Lipinski definition) is 4. The highest BCUT2D eigenvalue weighted by Crippen LogP contribution is 2.38. The van der Waals surface area contributed by atoms with Gasteiger partial charge in [-0.1, -0.05) is 23.7 Å². The van der Waals surface area contributed by atoms with E-state index in [9.17, 15) is 9.59 Å². The number of carbonyl (C=O) groups excluding carboxylic acids is 2. The van der Waals surface area contributed by atoms with Crippen LogP contribution in [0.5, 0.6) is 0 Å². The maximum Gasteiger partial charge on any atom is 0.341 e. The number of aryl methyl sites for hydroxylation is 1. The fraction of sp³-hybridized carbons (Fsp3) is 0.333. The first-order chi connectivity index (χ1) is 11.6. The monoisotopic (exact) mass is 363 g/mol. The summed E-state index contributed by atoms with van der Waals surface area (Å²) in [4.78, 5) is 25.7. The Morgan fingerprint density at radius 2 is 2.08 bits per heavy atom. The number of amides is 1. The number of hydrogen-bond donors (Lipinski definition) is 1. The van der Waals surface area contributed by atoms with Crippen LogP contribution in [0.3, 0.4) is 0 Å². The minimum Gasteiger partial charge on any atom is -0.465 e. The molecule has 2 aromatic rings. The molecule has 1 heterocycles. The summed E-state index contributed by atoms with van der Waals surface area (Å²) in [5.74, 6) is -0.548. The molecular weight excluding hydrogens is 346 g/mol. The lowest BCUT2D eigenvalue weighted by molar-refractivity contribution is -0.115. The van der Waals surface area contributed by atoms with Crippen molar-refractivity contribution in [3.05, 3.63) is 50.9 Å². The third-order valence-electron chi connectivity index (χ3n) is 4.07. The molecule has 1 amide bonds. The highest BCUT2D eigenvalue weighted by atomic mass is 35.5. The lowest BCUT2D eigenvalue weighted by atomic mass is 9.95. The van der Waals surface area contributed by atoms with Gasteiger partial charge in [0.25, 0.3) is 0 Å². The Hall–Kier alpha value is -1.85. The Morgan fingerprint density at radius 1 is 1.29 bits per heavy atom. The van der Waals surface area contributed by atoms with E-state index in [0.717, 1.165) is 36.8 Å². The molecule has 1 aliphatic carbocycles. The Morgan fingerprint density at radius 3 is 2.83 bits per heavy atom. The number of carbonyl (C=O) groups is 2. The second-order valence-corrected chi connectivity index (χ2v) is 7.30. The van der Waals surface area contributed by atoms with Gasteiger partial charge >= 0.3 is 5.97 Å². The smallest absolute Gasteiger partial charge is 0.341 e. The van der Waals surface area contributed by atoms with Crippen LogP contribution in [0.4, 0.5) is 5.00 Å². The maximum absolute atomic E-state index is 12.4.